The van der Waals surface area contributed by atoms with Crippen molar-refractivity contribution in [1.82, 2.24) is 0 Å². The van der Waals surface area contributed by atoms with E-state index in [1.807, 2.05) is 0 Å². The molecule has 150 valence electrons. The van der Waals surface area contributed by atoms with Crippen molar-refractivity contribution in [2.75, 3.05) is 5.32 Å². The lowest BCUT2D eigenvalue weighted by molar-refractivity contribution is 0.0697. The van der Waals surface area contributed by atoms with Gasteiger partial charge in [0.25, 0.3) is 0 Å². The molecule has 0 fully saturated rings. The number of aromatic carboxylic acids is 1. The lowest BCUT2D eigenvalue weighted by Crippen LogP contribution is -2.06. The van der Waals surface area contributed by atoms with E-state index in [1.54, 1.807) is 30.3 Å². The minimum absolute atomic E-state index is 0.00608. The first kappa shape index (κ1) is 21.2. The van der Waals surface area contributed by atoms with Gasteiger partial charge in [-0.05, 0) is 48.5 Å². The molecule has 3 rings (SSSR count). The number of benzene rings is 3. The van der Waals surface area contributed by atoms with Crippen molar-refractivity contribution < 1.29 is 19.0 Å². The van der Waals surface area contributed by atoms with Crippen LogP contribution in [0.3, 0.4) is 0 Å². The van der Waals surface area contributed by atoms with E-state index >= 15 is 0 Å². The molecule has 0 aliphatic carbocycles. The molecule has 0 unspecified atom stereocenters. The maximum atomic E-state index is 14.0. The second kappa shape index (κ2) is 9.35. The van der Waals surface area contributed by atoms with Gasteiger partial charge in [0.2, 0.25) is 0 Å². The zero-order chi connectivity index (χ0) is 21.0. The summed E-state index contributed by atoms with van der Waals surface area (Å²) in [5.41, 5.74) is 1.52. The predicted octanol–water partition coefficient (Wildman–Crippen LogP) is 6.68. The highest BCUT2D eigenvalue weighted by atomic mass is 35.5. The fraction of sp³-hybridized carbons (Fsp3) is 0.0952. The van der Waals surface area contributed by atoms with Gasteiger partial charge in [-0.25, -0.2) is 9.18 Å². The largest absolute Gasteiger partial charge is 0.488 e. The van der Waals surface area contributed by atoms with Gasteiger partial charge in [0.15, 0.2) is 0 Å². The molecule has 0 atom stereocenters. The Morgan fingerprint density at radius 1 is 1.03 bits per heavy atom. The van der Waals surface area contributed by atoms with Gasteiger partial charge in [-0.2, -0.15) is 0 Å². The van der Waals surface area contributed by atoms with Crippen LogP contribution in [0, 0.1) is 5.82 Å². The van der Waals surface area contributed by atoms with Gasteiger partial charge in [-0.3, -0.25) is 0 Å². The van der Waals surface area contributed by atoms with Crippen LogP contribution in [0.5, 0.6) is 5.75 Å². The summed E-state index contributed by atoms with van der Waals surface area (Å²) in [4.78, 5) is 11.2. The first-order chi connectivity index (χ1) is 13.8. The van der Waals surface area contributed by atoms with Crippen molar-refractivity contribution in [3.8, 4) is 5.75 Å². The molecular weight excluding hydrogens is 440 g/mol. The SMILES string of the molecule is O=C(O)c1cc(NCc2cc(Cl)ccc2OCc2c(F)cccc2Cl)ccc1Cl. The molecule has 3 aromatic carbocycles. The molecule has 0 aliphatic heterocycles. The zero-order valence-corrected chi connectivity index (χ0v) is 17.2. The maximum absolute atomic E-state index is 14.0. The van der Waals surface area contributed by atoms with Gasteiger partial charge in [0, 0.05) is 28.4 Å². The number of carboxylic acid groups (broad SMARTS) is 1. The summed E-state index contributed by atoms with van der Waals surface area (Å²) in [6, 6.07) is 14.1. The molecule has 0 heterocycles. The Morgan fingerprint density at radius 2 is 1.83 bits per heavy atom. The molecule has 3 aromatic rings. The summed E-state index contributed by atoms with van der Waals surface area (Å²) in [6.07, 6.45) is 0. The van der Waals surface area contributed by atoms with Crippen LogP contribution >= 0.6 is 34.8 Å². The van der Waals surface area contributed by atoms with Crippen molar-refractivity contribution in [3.63, 3.8) is 0 Å². The Balaban J connectivity index is 1.77. The smallest absolute Gasteiger partial charge is 0.337 e. The van der Waals surface area contributed by atoms with E-state index in [0.29, 0.717) is 28.6 Å². The van der Waals surface area contributed by atoms with Crippen LogP contribution in [-0.2, 0) is 13.2 Å². The van der Waals surface area contributed by atoms with Crippen molar-refractivity contribution >= 4 is 46.5 Å². The van der Waals surface area contributed by atoms with E-state index in [4.69, 9.17) is 39.5 Å². The highest BCUT2D eigenvalue weighted by molar-refractivity contribution is 6.33. The molecule has 0 bridgehead atoms. The minimum atomic E-state index is -1.12. The molecule has 4 nitrogen and oxygen atoms in total. The van der Waals surface area contributed by atoms with Crippen LogP contribution < -0.4 is 10.1 Å². The third kappa shape index (κ3) is 5.32. The quantitative estimate of drug-likeness (QED) is 0.418. The Hall–Kier alpha value is -2.47. The Labute approximate surface area is 181 Å². The van der Waals surface area contributed by atoms with E-state index in [9.17, 15) is 14.3 Å². The second-order valence-electron chi connectivity index (χ2n) is 6.09. The molecule has 0 radical (unpaired) electrons. The lowest BCUT2D eigenvalue weighted by atomic mass is 10.1. The second-order valence-corrected chi connectivity index (χ2v) is 7.35. The molecule has 0 aromatic heterocycles. The number of hydrogen-bond donors (Lipinski definition) is 2. The monoisotopic (exact) mass is 453 g/mol. The molecular formula is C21H15Cl3FNO3. The van der Waals surface area contributed by atoms with Crippen LogP contribution in [0.2, 0.25) is 15.1 Å². The van der Waals surface area contributed by atoms with Crippen LogP contribution in [-0.4, -0.2) is 11.1 Å². The van der Waals surface area contributed by atoms with Crippen LogP contribution in [0.25, 0.3) is 0 Å². The minimum Gasteiger partial charge on any atom is -0.488 e. The molecule has 0 saturated heterocycles. The number of carbonyl (C=O) groups is 1. The van der Waals surface area contributed by atoms with Gasteiger partial charge >= 0.3 is 5.97 Å². The van der Waals surface area contributed by atoms with Crippen LogP contribution in [0.4, 0.5) is 10.1 Å². The van der Waals surface area contributed by atoms with Gasteiger partial charge in [-0.15, -0.1) is 0 Å². The first-order valence-corrected chi connectivity index (χ1v) is 9.59. The van der Waals surface area contributed by atoms with Crippen LogP contribution in [0.1, 0.15) is 21.5 Å². The van der Waals surface area contributed by atoms with Crippen LogP contribution in [0.15, 0.2) is 54.6 Å². The topological polar surface area (TPSA) is 58.6 Å². The summed E-state index contributed by atoms with van der Waals surface area (Å²) in [5, 5.41) is 13.2. The zero-order valence-electron chi connectivity index (χ0n) is 14.9. The molecule has 0 saturated carbocycles. The number of rotatable bonds is 7. The van der Waals surface area contributed by atoms with E-state index in [2.05, 4.69) is 5.32 Å². The van der Waals surface area contributed by atoms with E-state index in [1.165, 1.54) is 24.3 Å². The Bertz CT molecular complexity index is 1040. The average molecular weight is 455 g/mol. The predicted molar refractivity (Wildman–Crippen MR) is 113 cm³/mol. The number of halogens is 4. The molecule has 0 spiro atoms. The van der Waals surface area contributed by atoms with Gasteiger partial charge < -0.3 is 15.2 Å². The summed E-state index contributed by atoms with van der Waals surface area (Å²) in [7, 11) is 0. The highest BCUT2D eigenvalue weighted by Gasteiger charge is 2.12. The summed E-state index contributed by atoms with van der Waals surface area (Å²) in [5.74, 6) is -1.07. The first-order valence-electron chi connectivity index (χ1n) is 8.46. The maximum Gasteiger partial charge on any atom is 0.337 e. The number of ether oxygens (including phenoxy) is 1. The number of hydrogen-bond acceptors (Lipinski definition) is 3. The van der Waals surface area contributed by atoms with E-state index in [-0.39, 0.29) is 27.8 Å². The van der Waals surface area contributed by atoms with E-state index in [0.717, 1.165) is 0 Å². The molecule has 2 N–H and O–H groups in total. The number of nitrogens with one attached hydrogen (secondary N) is 1. The van der Waals surface area contributed by atoms with Gasteiger partial charge in [0.1, 0.15) is 18.2 Å². The normalized spacial score (nSPS) is 10.6. The van der Waals surface area contributed by atoms with E-state index < -0.39 is 11.8 Å². The Kier molecular flexibility index (Phi) is 6.85. The fourth-order valence-corrected chi connectivity index (χ4v) is 3.25. The van der Waals surface area contributed by atoms with Gasteiger partial charge in [-0.1, -0.05) is 40.9 Å². The molecule has 0 aliphatic rings. The third-order valence-electron chi connectivity index (χ3n) is 4.14. The summed E-state index contributed by atoms with van der Waals surface area (Å²) in [6.45, 7) is 0.242. The Morgan fingerprint density at radius 3 is 2.55 bits per heavy atom. The van der Waals surface area contributed by atoms with Crippen molar-refractivity contribution in [2.24, 2.45) is 0 Å². The summed E-state index contributed by atoms with van der Waals surface area (Å²) < 4.78 is 19.7. The highest BCUT2D eigenvalue weighted by Crippen LogP contribution is 2.28. The van der Waals surface area contributed by atoms with Gasteiger partial charge in [0.05, 0.1) is 15.6 Å². The average Bonchev–Trinajstić information content (AvgIpc) is 2.68. The lowest BCUT2D eigenvalue weighted by Gasteiger charge is -2.15. The standard InChI is InChI=1S/C21H15Cl3FNO3/c22-13-4-7-20(29-11-16-17(23)2-1-3-19(16)25)12(8-13)10-26-14-5-6-18(24)15(9-14)21(27)28/h1-9,26H,10-11H2,(H,27,28). The third-order valence-corrected chi connectivity index (χ3v) is 5.05. The fourth-order valence-electron chi connectivity index (χ4n) is 2.64. The number of carboxylic acids is 1. The molecule has 0 amide bonds. The molecule has 8 heteroatoms. The van der Waals surface area contributed by atoms with Crippen molar-refractivity contribution in [2.45, 2.75) is 13.2 Å². The van der Waals surface area contributed by atoms with Crippen molar-refractivity contribution in [1.29, 1.82) is 0 Å². The summed E-state index contributed by atoms with van der Waals surface area (Å²) >= 11 is 18.0. The molecule has 29 heavy (non-hydrogen) atoms. The number of anilines is 1. The van der Waals surface area contributed by atoms with Crippen molar-refractivity contribution in [3.05, 3.63) is 92.2 Å².